The van der Waals surface area contributed by atoms with Crippen molar-refractivity contribution < 1.29 is 15.0 Å². The molecule has 0 bridgehead atoms. The number of carboxylic acids is 1. The molecule has 0 saturated carbocycles. The summed E-state index contributed by atoms with van der Waals surface area (Å²) >= 11 is 0. The second kappa shape index (κ2) is 4.50. The Labute approximate surface area is 82.0 Å². The minimum absolute atomic E-state index is 0.120. The molecule has 0 heterocycles. The van der Waals surface area contributed by atoms with E-state index in [4.69, 9.17) is 10.8 Å². The molecule has 4 N–H and O–H groups in total. The molecular weight excluding hydrogens is 182 g/mol. The van der Waals surface area contributed by atoms with Crippen LogP contribution in [0.25, 0.3) is 0 Å². The van der Waals surface area contributed by atoms with Crippen LogP contribution in [0.4, 0.5) is 5.69 Å². The number of carbonyl (C=O) groups is 1. The van der Waals surface area contributed by atoms with Gasteiger partial charge < -0.3 is 15.9 Å². The Kier molecular flexibility index (Phi) is 3.34. The van der Waals surface area contributed by atoms with Gasteiger partial charge in [-0.25, -0.2) is 0 Å². The summed E-state index contributed by atoms with van der Waals surface area (Å²) in [5.41, 5.74) is 7.04. The lowest BCUT2D eigenvalue weighted by molar-refractivity contribution is -0.137. The minimum Gasteiger partial charge on any atom is -0.508 e. The van der Waals surface area contributed by atoms with E-state index in [0.29, 0.717) is 18.5 Å². The molecule has 4 heteroatoms. The van der Waals surface area contributed by atoms with E-state index in [1.54, 1.807) is 12.1 Å². The third-order valence-electron chi connectivity index (χ3n) is 1.96. The molecule has 0 aliphatic rings. The molecule has 0 amide bonds. The predicted octanol–water partition coefficient (Wildman–Crippen LogP) is 1.38. The summed E-state index contributed by atoms with van der Waals surface area (Å²) < 4.78 is 0. The van der Waals surface area contributed by atoms with Gasteiger partial charge >= 0.3 is 5.97 Å². The van der Waals surface area contributed by atoms with Gasteiger partial charge in [-0.1, -0.05) is 0 Å². The highest BCUT2D eigenvalue weighted by Gasteiger charge is 2.02. The molecule has 0 spiro atoms. The van der Waals surface area contributed by atoms with Gasteiger partial charge in [-0.2, -0.15) is 0 Å². The van der Waals surface area contributed by atoms with Crippen molar-refractivity contribution in [1.29, 1.82) is 0 Å². The summed E-state index contributed by atoms with van der Waals surface area (Å²) in [4.78, 5) is 10.3. The van der Waals surface area contributed by atoms with Crippen molar-refractivity contribution in [2.24, 2.45) is 0 Å². The number of carboxylic acid groups (broad SMARTS) is 1. The third kappa shape index (κ3) is 2.97. The van der Waals surface area contributed by atoms with E-state index in [-0.39, 0.29) is 12.2 Å². The smallest absolute Gasteiger partial charge is 0.303 e. The number of hydrogen-bond donors (Lipinski definition) is 3. The fourth-order valence-electron chi connectivity index (χ4n) is 1.24. The number of aliphatic carboxylic acids is 1. The Morgan fingerprint density at radius 3 is 2.79 bits per heavy atom. The average Bonchev–Trinajstić information content (AvgIpc) is 2.10. The SMILES string of the molecule is Nc1ccc(O)cc1CCCC(=O)O. The monoisotopic (exact) mass is 195 g/mol. The number of phenolic OH excluding ortho intramolecular Hbond substituents is 1. The first-order chi connectivity index (χ1) is 6.59. The number of phenols is 1. The van der Waals surface area contributed by atoms with Crippen molar-refractivity contribution in [3.63, 3.8) is 0 Å². The summed E-state index contributed by atoms with van der Waals surface area (Å²) in [5.74, 6) is -0.659. The second-order valence-electron chi connectivity index (χ2n) is 3.13. The number of aromatic hydroxyl groups is 1. The lowest BCUT2D eigenvalue weighted by Crippen LogP contribution is -1.98. The molecular formula is C10H13NO3. The summed E-state index contributed by atoms with van der Waals surface area (Å²) in [6.07, 6.45) is 1.23. The van der Waals surface area contributed by atoms with Crippen molar-refractivity contribution in [3.05, 3.63) is 23.8 Å². The Bertz CT molecular complexity index is 336. The maximum atomic E-state index is 10.3. The lowest BCUT2D eigenvalue weighted by atomic mass is 10.1. The molecule has 0 aromatic heterocycles. The zero-order valence-electron chi connectivity index (χ0n) is 7.73. The third-order valence-corrected chi connectivity index (χ3v) is 1.96. The molecule has 0 fully saturated rings. The van der Waals surface area contributed by atoms with Crippen molar-refractivity contribution in [1.82, 2.24) is 0 Å². The average molecular weight is 195 g/mol. The maximum Gasteiger partial charge on any atom is 0.303 e. The van der Waals surface area contributed by atoms with Crippen LogP contribution in [0.15, 0.2) is 18.2 Å². The maximum absolute atomic E-state index is 10.3. The van der Waals surface area contributed by atoms with Crippen LogP contribution < -0.4 is 5.73 Å². The molecule has 0 aliphatic heterocycles. The highest BCUT2D eigenvalue weighted by atomic mass is 16.4. The van der Waals surface area contributed by atoms with Crippen LogP contribution in [0.5, 0.6) is 5.75 Å². The van der Waals surface area contributed by atoms with E-state index >= 15 is 0 Å². The number of aryl methyl sites for hydroxylation is 1. The number of anilines is 1. The Balaban J connectivity index is 2.57. The fraction of sp³-hybridized carbons (Fsp3) is 0.300. The van der Waals surface area contributed by atoms with Crippen LogP contribution >= 0.6 is 0 Å². The minimum atomic E-state index is -0.816. The van der Waals surface area contributed by atoms with Crippen molar-refractivity contribution in [2.75, 3.05) is 5.73 Å². The summed E-state index contributed by atoms with van der Waals surface area (Å²) in [5, 5.41) is 17.6. The molecule has 0 radical (unpaired) electrons. The van der Waals surface area contributed by atoms with Crippen molar-refractivity contribution >= 4 is 11.7 Å². The molecule has 0 unspecified atom stereocenters. The van der Waals surface area contributed by atoms with Crippen LogP contribution in [0.2, 0.25) is 0 Å². The Morgan fingerprint density at radius 1 is 1.43 bits per heavy atom. The van der Waals surface area contributed by atoms with Gasteiger partial charge in [0.2, 0.25) is 0 Å². The molecule has 4 nitrogen and oxygen atoms in total. The van der Waals surface area contributed by atoms with E-state index in [0.717, 1.165) is 5.56 Å². The quantitative estimate of drug-likeness (QED) is 0.500. The van der Waals surface area contributed by atoms with Gasteiger partial charge in [-0.3, -0.25) is 4.79 Å². The first-order valence-electron chi connectivity index (χ1n) is 4.39. The van der Waals surface area contributed by atoms with E-state index in [2.05, 4.69) is 0 Å². The van der Waals surface area contributed by atoms with Crippen LogP contribution in [-0.2, 0) is 11.2 Å². The number of nitrogens with two attached hydrogens (primary N) is 1. The zero-order chi connectivity index (χ0) is 10.6. The van der Waals surface area contributed by atoms with Gasteiger partial charge in [-0.15, -0.1) is 0 Å². The molecule has 0 aliphatic carbocycles. The predicted molar refractivity (Wildman–Crippen MR) is 53.1 cm³/mol. The summed E-state index contributed by atoms with van der Waals surface area (Å²) in [7, 11) is 0. The van der Waals surface area contributed by atoms with Crippen molar-refractivity contribution in [3.8, 4) is 5.75 Å². The highest BCUT2D eigenvalue weighted by molar-refractivity contribution is 5.66. The molecule has 76 valence electrons. The Morgan fingerprint density at radius 2 is 2.14 bits per heavy atom. The van der Waals surface area contributed by atoms with Crippen LogP contribution in [0.3, 0.4) is 0 Å². The lowest BCUT2D eigenvalue weighted by Gasteiger charge is -2.04. The van der Waals surface area contributed by atoms with E-state index in [9.17, 15) is 9.90 Å². The number of rotatable bonds is 4. The molecule has 0 saturated heterocycles. The van der Waals surface area contributed by atoms with Gasteiger partial charge in [0.15, 0.2) is 0 Å². The largest absolute Gasteiger partial charge is 0.508 e. The van der Waals surface area contributed by atoms with Gasteiger partial charge in [-0.05, 0) is 36.6 Å². The Hall–Kier alpha value is -1.71. The first-order valence-corrected chi connectivity index (χ1v) is 4.39. The molecule has 1 rings (SSSR count). The molecule has 14 heavy (non-hydrogen) atoms. The van der Waals surface area contributed by atoms with Gasteiger partial charge in [0.25, 0.3) is 0 Å². The molecule has 1 aromatic carbocycles. The molecule has 0 atom stereocenters. The first kappa shape index (κ1) is 10.4. The van der Waals surface area contributed by atoms with Crippen LogP contribution in [0.1, 0.15) is 18.4 Å². The van der Waals surface area contributed by atoms with Gasteiger partial charge in [0, 0.05) is 12.1 Å². The van der Waals surface area contributed by atoms with E-state index in [1.807, 2.05) is 0 Å². The number of benzene rings is 1. The normalized spacial score (nSPS) is 10.0. The number of hydrogen-bond acceptors (Lipinski definition) is 3. The molecule has 1 aromatic rings. The fourth-order valence-corrected chi connectivity index (χ4v) is 1.24. The van der Waals surface area contributed by atoms with Crippen LogP contribution in [0, 0.1) is 0 Å². The number of nitrogen functional groups attached to an aromatic ring is 1. The zero-order valence-corrected chi connectivity index (χ0v) is 7.73. The topological polar surface area (TPSA) is 83.5 Å². The van der Waals surface area contributed by atoms with E-state index < -0.39 is 5.97 Å². The second-order valence-corrected chi connectivity index (χ2v) is 3.13. The van der Waals surface area contributed by atoms with Crippen LogP contribution in [-0.4, -0.2) is 16.2 Å². The highest BCUT2D eigenvalue weighted by Crippen LogP contribution is 2.20. The standard InChI is InChI=1S/C10H13NO3/c11-9-5-4-8(12)6-7(9)2-1-3-10(13)14/h4-6,12H,1-3,11H2,(H,13,14). The van der Waals surface area contributed by atoms with Gasteiger partial charge in [0.1, 0.15) is 5.75 Å². The summed E-state index contributed by atoms with van der Waals surface area (Å²) in [6, 6.07) is 4.69. The van der Waals surface area contributed by atoms with Crippen molar-refractivity contribution in [2.45, 2.75) is 19.3 Å². The van der Waals surface area contributed by atoms with Gasteiger partial charge in [0.05, 0.1) is 0 Å². The summed E-state index contributed by atoms with van der Waals surface area (Å²) in [6.45, 7) is 0. The van der Waals surface area contributed by atoms with E-state index in [1.165, 1.54) is 6.07 Å².